The number of allylic oxidation sites excluding steroid dienone is 2. The first kappa shape index (κ1) is 33.1. The van der Waals surface area contributed by atoms with Gasteiger partial charge in [0.15, 0.2) is 5.82 Å². The number of aryl methyl sites for hydroxylation is 1. The molecule has 196 valence electrons. The van der Waals surface area contributed by atoms with Crippen molar-refractivity contribution in [2.75, 3.05) is 5.32 Å². The molecule has 1 aliphatic heterocycles. The van der Waals surface area contributed by atoms with Crippen molar-refractivity contribution < 1.29 is 73.3 Å². The third kappa shape index (κ3) is 8.93. The van der Waals surface area contributed by atoms with E-state index >= 15 is 0 Å². The molecule has 1 aromatic heterocycles. The van der Waals surface area contributed by atoms with Gasteiger partial charge in [0.25, 0.3) is 0 Å². The Morgan fingerprint density at radius 2 is 2.03 bits per heavy atom. The number of fused-ring (bicyclic) bond motifs is 1. The molecule has 0 radical (unpaired) electrons. The Labute approximate surface area is 287 Å². The summed E-state index contributed by atoms with van der Waals surface area (Å²) in [6.45, 7) is 13.5. The normalized spacial score (nSPS) is 21.1. The second-order valence-corrected chi connectivity index (χ2v) is 11.3. The van der Waals surface area contributed by atoms with Crippen LogP contribution in [0.2, 0.25) is 0 Å². The summed E-state index contributed by atoms with van der Waals surface area (Å²) in [4.78, 5) is 0.974. The number of aromatic nitrogens is 2. The van der Waals surface area contributed by atoms with Crippen molar-refractivity contribution in [1.82, 2.24) is 14.9 Å². The smallest absolute Gasteiger partial charge is 0.358 e. The summed E-state index contributed by atoms with van der Waals surface area (Å²) in [5, 5.41) is 11.0. The number of nitrogens with one attached hydrogen (secondary N) is 2. The molecule has 0 amide bonds. The summed E-state index contributed by atoms with van der Waals surface area (Å²) >= 11 is 1.49. The van der Waals surface area contributed by atoms with E-state index in [1.54, 1.807) is 12.3 Å². The predicted molar refractivity (Wildman–Crippen MR) is 151 cm³/mol. The van der Waals surface area contributed by atoms with E-state index in [-0.39, 0.29) is 82.1 Å². The Bertz CT molecular complexity index is 1090. The minimum atomic E-state index is -0.167. The first-order chi connectivity index (χ1) is 16.9. The summed E-state index contributed by atoms with van der Waals surface area (Å²) in [6, 6.07) is 5.85. The number of benzene rings is 1. The van der Waals surface area contributed by atoms with Gasteiger partial charge < -0.3 is 12.7 Å². The largest absolute Gasteiger partial charge is 1.00 e. The van der Waals surface area contributed by atoms with Crippen LogP contribution in [0.15, 0.2) is 53.2 Å². The maximum Gasteiger partial charge on any atom is 1.00 e. The topological polar surface area (TPSA) is 49.8 Å². The molecule has 3 unspecified atom stereocenters. The van der Waals surface area contributed by atoms with Gasteiger partial charge in [0.05, 0.1) is 11.4 Å². The number of anilines is 1. The molecule has 2 heterocycles. The molecule has 3 aliphatic rings. The maximum atomic E-state index is 14.6. The van der Waals surface area contributed by atoms with Gasteiger partial charge in [0.1, 0.15) is 0 Å². The van der Waals surface area contributed by atoms with Gasteiger partial charge in [-0.05, 0) is 111 Å². The molecule has 0 spiro atoms. The van der Waals surface area contributed by atoms with Crippen molar-refractivity contribution in [1.29, 1.82) is 0 Å². The van der Waals surface area contributed by atoms with Crippen LogP contribution in [0.1, 0.15) is 82.0 Å². The van der Waals surface area contributed by atoms with E-state index < -0.39 is 0 Å². The van der Waals surface area contributed by atoms with Crippen LogP contribution >= 0.6 is 11.9 Å². The van der Waals surface area contributed by atoms with E-state index in [4.69, 9.17) is 0 Å². The molecule has 7 heteroatoms. The molecule has 0 bridgehead atoms. The number of halogens is 1. The van der Waals surface area contributed by atoms with Crippen molar-refractivity contribution >= 4 is 17.6 Å². The van der Waals surface area contributed by atoms with E-state index in [9.17, 15) is 4.39 Å². The van der Waals surface area contributed by atoms with Crippen molar-refractivity contribution in [2.24, 2.45) is 17.8 Å². The third-order valence-electron chi connectivity index (χ3n) is 7.86. The van der Waals surface area contributed by atoms with Crippen LogP contribution in [-0.2, 0) is 6.54 Å². The van der Waals surface area contributed by atoms with Crippen LogP contribution in [0.3, 0.4) is 0 Å². The maximum absolute atomic E-state index is 14.6. The Morgan fingerprint density at radius 3 is 2.70 bits per heavy atom. The SMILES string of the molecule is C=C(/C=C(\C)C1CCC(C(C)CC)C1)Nc1ccc2c(c1F)CNS2.Cc1nnccc1C1CC1.[CH3-].[Cs+]. The van der Waals surface area contributed by atoms with E-state index in [2.05, 4.69) is 59.7 Å². The average Bonchev–Trinajstić information content (AvgIpc) is 3.36. The first-order valence-electron chi connectivity index (χ1n) is 13.0. The van der Waals surface area contributed by atoms with E-state index in [0.29, 0.717) is 18.2 Å². The Hall–Kier alpha value is -0.128. The number of hydrogen-bond donors (Lipinski definition) is 2. The molecule has 5 rings (SSSR count). The molecule has 2 fully saturated rings. The molecule has 2 aliphatic carbocycles. The number of rotatable bonds is 7. The van der Waals surface area contributed by atoms with Crippen molar-refractivity contribution in [3.05, 3.63) is 78.4 Å². The Morgan fingerprint density at radius 1 is 1.27 bits per heavy atom. The van der Waals surface area contributed by atoms with Crippen LogP contribution in [0.25, 0.3) is 0 Å². The van der Waals surface area contributed by atoms with Crippen molar-refractivity contribution in [2.45, 2.75) is 83.6 Å². The van der Waals surface area contributed by atoms with Gasteiger partial charge in [-0.2, -0.15) is 10.2 Å². The zero-order valence-electron chi connectivity index (χ0n) is 23.5. The fourth-order valence-corrected chi connectivity index (χ4v) is 6.06. The molecule has 4 nitrogen and oxygen atoms in total. The fraction of sp³-hybridized carbons (Fsp3) is 0.500. The Balaban J connectivity index is 0.000000337. The van der Waals surface area contributed by atoms with Crippen molar-refractivity contribution in [3.63, 3.8) is 0 Å². The Kier molecular flexibility index (Phi) is 14.0. The minimum absolute atomic E-state index is 0. The van der Waals surface area contributed by atoms with E-state index in [0.717, 1.165) is 39.6 Å². The van der Waals surface area contributed by atoms with Gasteiger partial charge in [0.2, 0.25) is 0 Å². The number of nitrogens with zero attached hydrogens (tertiary/aromatic N) is 2. The molecular weight excluding hydrogens is 600 g/mol. The van der Waals surface area contributed by atoms with Gasteiger partial charge in [-0.15, -0.1) is 0 Å². The van der Waals surface area contributed by atoms with Crippen LogP contribution in [0.5, 0.6) is 0 Å². The molecule has 2 N–H and O–H groups in total. The van der Waals surface area contributed by atoms with Gasteiger partial charge in [-0.3, -0.25) is 4.72 Å². The number of hydrogen-bond acceptors (Lipinski definition) is 5. The molecule has 0 saturated heterocycles. The van der Waals surface area contributed by atoms with Crippen LogP contribution < -0.4 is 78.9 Å². The zero-order chi connectivity index (χ0) is 24.9. The zero-order valence-corrected chi connectivity index (χ0v) is 30.6. The summed E-state index contributed by atoms with van der Waals surface area (Å²) in [7, 11) is 0. The molecular formula is C30H42CsFN4S. The fourth-order valence-electron chi connectivity index (χ4n) is 5.27. The molecule has 2 aromatic rings. The minimum Gasteiger partial charge on any atom is -0.358 e. The predicted octanol–water partition coefficient (Wildman–Crippen LogP) is 5.39. The van der Waals surface area contributed by atoms with E-state index in [1.807, 2.05) is 13.0 Å². The van der Waals surface area contributed by atoms with Gasteiger partial charge in [-0.1, -0.05) is 32.4 Å². The third-order valence-corrected chi connectivity index (χ3v) is 8.75. The molecule has 37 heavy (non-hydrogen) atoms. The average molecular weight is 643 g/mol. The molecule has 2 saturated carbocycles. The van der Waals surface area contributed by atoms with Crippen LogP contribution in [0.4, 0.5) is 10.1 Å². The van der Waals surface area contributed by atoms with Gasteiger partial charge in [0, 0.05) is 28.9 Å². The van der Waals surface area contributed by atoms with Crippen LogP contribution in [-0.4, -0.2) is 10.2 Å². The quantitative estimate of drug-likeness (QED) is 0.241. The van der Waals surface area contributed by atoms with Crippen LogP contribution in [0, 0.1) is 37.9 Å². The summed E-state index contributed by atoms with van der Waals surface area (Å²) in [6.07, 6.45) is 11.7. The monoisotopic (exact) mass is 642 g/mol. The van der Waals surface area contributed by atoms with Crippen molar-refractivity contribution in [3.8, 4) is 0 Å². The van der Waals surface area contributed by atoms with Gasteiger partial charge >= 0.3 is 68.9 Å². The second-order valence-electron chi connectivity index (χ2n) is 10.4. The van der Waals surface area contributed by atoms with Gasteiger partial charge in [-0.25, -0.2) is 4.39 Å². The summed E-state index contributed by atoms with van der Waals surface area (Å²) < 4.78 is 17.7. The molecule has 1 aromatic carbocycles. The second kappa shape index (κ2) is 15.6. The summed E-state index contributed by atoms with van der Waals surface area (Å²) in [5.41, 5.74) is 5.89. The summed E-state index contributed by atoms with van der Waals surface area (Å²) in [5.74, 6) is 2.93. The standard InChI is InChI=1S/C21H29FN2S.C8H10N2.CH3.Cs/c1-5-13(2)16-6-7-17(11-16)14(3)10-15(4)24-19-8-9-20-18(21(19)22)12-23-25-20;1-6-8(7-2-3-7)4-5-9-10-6;;/h8-10,13,16-17,23-24H,4-7,11-12H2,1-3H3;4-5,7H,2-3H2,1H3;1H3;/q;;-1;+1/b14-10+;;;. The van der Waals surface area contributed by atoms with E-state index in [1.165, 1.54) is 61.6 Å². The first-order valence-corrected chi connectivity index (χ1v) is 13.8. The molecule has 3 atom stereocenters.